The van der Waals surface area contributed by atoms with Gasteiger partial charge in [-0.2, -0.15) is 0 Å². The standard InChI is InChI=1S/C16H18N4O4/c1-8-3-4-9-5-20(14-11(9)13(19-8)17-7-18-14)15-16(2,23)12(22)10(6-21)24-15/h3-5,7,10,12,15,21-23H,1,6H2,2H3,(H,17,18,19)/t10-,12-,15-,16+/m1/s1/i4T. The van der Waals surface area contributed by atoms with Gasteiger partial charge in [-0.1, -0.05) is 12.6 Å². The van der Waals surface area contributed by atoms with Crippen LogP contribution in [0.15, 0.2) is 24.6 Å². The molecule has 4 rings (SSSR count). The maximum Gasteiger partial charge on any atom is 0.167 e. The van der Waals surface area contributed by atoms with Gasteiger partial charge >= 0.3 is 0 Å². The maximum absolute atomic E-state index is 10.7. The molecule has 0 bridgehead atoms. The smallest absolute Gasteiger partial charge is 0.167 e. The Labute approximate surface area is 138 Å². The minimum Gasteiger partial charge on any atom is -0.394 e. The summed E-state index contributed by atoms with van der Waals surface area (Å²) in [6.07, 6.45) is -0.167. The van der Waals surface area contributed by atoms with E-state index >= 15 is 0 Å². The normalized spacial score (nSPS) is 31.0. The molecular formula is C16H18N4O4. The fraction of sp³-hybridized carbons (Fsp3) is 0.375. The zero-order valence-electron chi connectivity index (χ0n) is 14.0. The third-order valence-corrected chi connectivity index (χ3v) is 4.48. The highest BCUT2D eigenvalue weighted by Crippen LogP contribution is 2.40. The number of aromatic amines is 1. The van der Waals surface area contributed by atoms with Crippen LogP contribution in [0.3, 0.4) is 0 Å². The largest absolute Gasteiger partial charge is 0.394 e. The van der Waals surface area contributed by atoms with Gasteiger partial charge in [0.25, 0.3) is 0 Å². The van der Waals surface area contributed by atoms with Crippen LogP contribution < -0.4 is 5.35 Å². The summed E-state index contributed by atoms with van der Waals surface area (Å²) in [6.45, 7) is 4.84. The van der Waals surface area contributed by atoms with Gasteiger partial charge < -0.3 is 29.6 Å². The Morgan fingerprint density at radius 3 is 3.04 bits per heavy atom. The van der Waals surface area contributed by atoms with Gasteiger partial charge in [-0.05, 0) is 13.0 Å². The van der Waals surface area contributed by atoms with Crippen molar-refractivity contribution in [3.05, 3.63) is 30.0 Å². The lowest BCUT2D eigenvalue weighted by Crippen LogP contribution is -2.44. The van der Waals surface area contributed by atoms with Crippen molar-refractivity contribution in [1.82, 2.24) is 19.5 Å². The first-order valence-electron chi connectivity index (χ1n) is 8.01. The molecule has 24 heavy (non-hydrogen) atoms. The third kappa shape index (κ3) is 2.01. The van der Waals surface area contributed by atoms with Crippen molar-refractivity contribution in [2.45, 2.75) is 31.0 Å². The molecule has 8 heteroatoms. The SMILES string of the molecule is [3H]c1cc(=C)[nH]c2ncnc3c2c1cn3[C@@H]1O[C@H](CO)[C@@H](O)[C@]1(C)O. The lowest BCUT2D eigenvalue weighted by Gasteiger charge is -2.27. The van der Waals surface area contributed by atoms with Crippen molar-refractivity contribution in [2.75, 3.05) is 6.61 Å². The molecule has 0 aromatic carbocycles. The first-order valence-corrected chi connectivity index (χ1v) is 7.51. The average molecular weight is 332 g/mol. The molecule has 1 aliphatic rings. The van der Waals surface area contributed by atoms with Crippen molar-refractivity contribution in [2.24, 2.45) is 0 Å². The van der Waals surface area contributed by atoms with Gasteiger partial charge in [0, 0.05) is 16.9 Å². The molecule has 4 heterocycles. The highest BCUT2D eigenvalue weighted by Gasteiger charge is 2.53. The van der Waals surface area contributed by atoms with E-state index in [2.05, 4.69) is 21.5 Å². The molecule has 126 valence electrons. The third-order valence-electron chi connectivity index (χ3n) is 4.48. The van der Waals surface area contributed by atoms with E-state index in [0.717, 1.165) is 0 Å². The van der Waals surface area contributed by atoms with Crippen LogP contribution in [0.5, 0.6) is 0 Å². The van der Waals surface area contributed by atoms with E-state index in [4.69, 9.17) is 6.11 Å². The number of nitrogens with one attached hydrogen (secondary N) is 1. The summed E-state index contributed by atoms with van der Waals surface area (Å²) in [4.78, 5) is 11.5. The summed E-state index contributed by atoms with van der Waals surface area (Å²) in [5.74, 6) is 0. The maximum atomic E-state index is 10.7. The van der Waals surface area contributed by atoms with E-state index in [9.17, 15) is 15.3 Å². The molecule has 0 radical (unpaired) electrons. The molecule has 3 aromatic rings. The number of ether oxygens (including phenoxy) is 1. The Balaban J connectivity index is 2.02. The second kappa shape index (κ2) is 5.12. The molecule has 0 saturated carbocycles. The number of H-pyrrole nitrogens is 1. The highest BCUT2D eigenvalue weighted by atomic mass is 16.6. The van der Waals surface area contributed by atoms with Gasteiger partial charge in [-0.25, -0.2) is 9.97 Å². The summed E-state index contributed by atoms with van der Waals surface area (Å²) in [7, 11) is 0. The number of hydrogen-bond acceptors (Lipinski definition) is 6. The lowest BCUT2D eigenvalue weighted by atomic mass is 9.96. The monoisotopic (exact) mass is 332 g/mol. The zero-order valence-corrected chi connectivity index (χ0v) is 13.0. The van der Waals surface area contributed by atoms with Gasteiger partial charge in [-0.3, -0.25) is 0 Å². The van der Waals surface area contributed by atoms with Crippen molar-refractivity contribution >= 4 is 28.6 Å². The number of nitrogens with zero attached hydrogens (tertiary/aromatic N) is 3. The fourth-order valence-corrected chi connectivity index (χ4v) is 3.21. The molecule has 4 atom stereocenters. The Hall–Kier alpha value is -2.26. The van der Waals surface area contributed by atoms with Crippen LogP contribution >= 0.6 is 0 Å². The minimum atomic E-state index is -1.64. The van der Waals surface area contributed by atoms with Gasteiger partial charge in [0.15, 0.2) is 6.23 Å². The van der Waals surface area contributed by atoms with Crippen LogP contribution in [0.25, 0.3) is 28.6 Å². The van der Waals surface area contributed by atoms with Gasteiger partial charge in [0.1, 0.15) is 35.4 Å². The van der Waals surface area contributed by atoms with Crippen molar-refractivity contribution in [3.8, 4) is 0 Å². The Bertz CT molecular complexity index is 1030. The molecule has 0 unspecified atom stereocenters. The predicted molar refractivity (Wildman–Crippen MR) is 86.6 cm³/mol. The minimum absolute atomic E-state index is 0.215. The molecule has 1 fully saturated rings. The summed E-state index contributed by atoms with van der Waals surface area (Å²) in [5.41, 5.74) is -0.704. The lowest BCUT2D eigenvalue weighted by molar-refractivity contribution is -0.0947. The molecule has 3 aromatic heterocycles. The molecule has 4 N–H and O–H groups in total. The molecule has 8 nitrogen and oxygen atoms in total. The van der Waals surface area contributed by atoms with Crippen LogP contribution in [0.1, 0.15) is 14.5 Å². The second-order valence-corrected chi connectivity index (χ2v) is 6.19. The molecular weight excluding hydrogens is 312 g/mol. The molecule has 1 saturated heterocycles. The van der Waals surface area contributed by atoms with E-state index in [1.54, 1.807) is 16.8 Å². The van der Waals surface area contributed by atoms with E-state index in [1.165, 1.54) is 13.3 Å². The van der Waals surface area contributed by atoms with Crippen LogP contribution in [0.2, 0.25) is 0 Å². The predicted octanol–water partition coefficient (Wildman–Crippen LogP) is -0.394. The van der Waals surface area contributed by atoms with E-state index in [1.807, 2.05) is 0 Å². The summed E-state index contributed by atoms with van der Waals surface area (Å²) in [6, 6.07) is 1.78. The number of rotatable bonds is 2. The van der Waals surface area contributed by atoms with Gasteiger partial charge in [-0.15, -0.1) is 0 Å². The zero-order chi connectivity index (χ0) is 17.9. The van der Waals surface area contributed by atoms with Crippen molar-refractivity contribution in [1.29, 1.82) is 0 Å². The van der Waals surface area contributed by atoms with E-state index in [-0.39, 0.29) is 6.04 Å². The van der Waals surface area contributed by atoms with Crippen LogP contribution in [-0.2, 0) is 4.74 Å². The quantitative estimate of drug-likeness (QED) is 0.508. The molecule has 0 spiro atoms. The fourth-order valence-electron chi connectivity index (χ4n) is 3.21. The number of aromatic nitrogens is 4. The van der Waals surface area contributed by atoms with Crippen LogP contribution in [0.4, 0.5) is 0 Å². The summed E-state index contributed by atoms with van der Waals surface area (Å²) >= 11 is 0. The van der Waals surface area contributed by atoms with Crippen LogP contribution in [-0.4, -0.2) is 59.3 Å². The average Bonchev–Trinajstić information content (AvgIpc) is 3.00. The first kappa shape index (κ1) is 14.1. The number of aliphatic hydroxyl groups is 3. The summed E-state index contributed by atoms with van der Waals surface area (Å²) < 4.78 is 15.5. The number of aliphatic hydroxyl groups excluding tert-OH is 2. The van der Waals surface area contributed by atoms with E-state index < -0.39 is 30.6 Å². The van der Waals surface area contributed by atoms with Crippen LogP contribution in [0, 0.1) is 0 Å². The van der Waals surface area contributed by atoms with Gasteiger partial charge in [0.2, 0.25) is 0 Å². The first-order chi connectivity index (χ1) is 11.8. The molecule has 1 aliphatic heterocycles. The van der Waals surface area contributed by atoms with Crippen molar-refractivity contribution < 1.29 is 21.4 Å². The Morgan fingerprint density at radius 1 is 1.54 bits per heavy atom. The van der Waals surface area contributed by atoms with Crippen molar-refractivity contribution in [3.63, 3.8) is 0 Å². The second-order valence-electron chi connectivity index (χ2n) is 6.19. The number of hydrogen-bond donors (Lipinski definition) is 4. The van der Waals surface area contributed by atoms with E-state index in [0.29, 0.717) is 27.4 Å². The molecule has 0 aliphatic carbocycles. The summed E-state index contributed by atoms with van der Waals surface area (Å²) in [5, 5.41) is 32.0. The van der Waals surface area contributed by atoms with Gasteiger partial charge in [0.05, 0.1) is 13.4 Å². The Kier molecular flexibility index (Phi) is 3.01. The molecule has 0 amide bonds. The Morgan fingerprint density at radius 2 is 2.33 bits per heavy atom. The topological polar surface area (TPSA) is 116 Å². The highest BCUT2D eigenvalue weighted by molar-refractivity contribution is 6.04.